The quantitative estimate of drug-likeness (QED) is 0.743. The molecule has 1 aromatic carbocycles. The Kier molecular flexibility index (Phi) is 5.58. The lowest BCUT2D eigenvalue weighted by molar-refractivity contribution is -0.145. The highest BCUT2D eigenvalue weighted by molar-refractivity contribution is 5.89. The van der Waals surface area contributed by atoms with Crippen LogP contribution in [0.3, 0.4) is 0 Å². The van der Waals surface area contributed by atoms with Crippen molar-refractivity contribution in [3.63, 3.8) is 0 Å². The molecule has 1 aliphatic rings. The number of carbonyl (C=O) groups is 1. The van der Waals surface area contributed by atoms with Crippen molar-refractivity contribution in [3.05, 3.63) is 34.9 Å². The van der Waals surface area contributed by atoms with Crippen LogP contribution in [0, 0.1) is 13.8 Å². The topological polar surface area (TPSA) is 26.3 Å². The fourth-order valence-corrected chi connectivity index (χ4v) is 3.60. The van der Waals surface area contributed by atoms with E-state index in [4.69, 9.17) is 4.74 Å². The maximum Gasteiger partial charge on any atom is 0.168 e. The predicted octanol–water partition coefficient (Wildman–Crippen LogP) is 4.54. The summed E-state index contributed by atoms with van der Waals surface area (Å²) in [7, 11) is 0. The average Bonchev–Trinajstić information content (AvgIpc) is 2.64. The van der Waals surface area contributed by atoms with Gasteiger partial charge >= 0.3 is 0 Å². The summed E-state index contributed by atoms with van der Waals surface area (Å²) in [6.45, 7) is 6.80. The maximum absolute atomic E-state index is 12.9. The molecule has 21 heavy (non-hydrogen) atoms. The zero-order valence-corrected chi connectivity index (χ0v) is 13.7. The van der Waals surface area contributed by atoms with Crippen LogP contribution in [0.2, 0.25) is 0 Å². The molecule has 1 aliphatic carbocycles. The van der Waals surface area contributed by atoms with E-state index in [0.29, 0.717) is 13.0 Å². The Hall–Kier alpha value is -1.15. The highest BCUT2D eigenvalue weighted by atomic mass is 16.5. The number of benzene rings is 1. The van der Waals surface area contributed by atoms with Crippen LogP contribution in [-0.4, -0.2) is 18.0 Å². The highest BCUT2D eigenvalue weighted by Gasteiger charge is 2.38. The van der Waals surface area contributed by atoms with Gasteiger partial charge in [-0.1, -0.05) is 55.0 Å². The van der Waals surface area contributed by atoms with E-state index in [1.807, 2.05) is 6.92 Å². The third kappa shape index (κ3) is 4.16. The standard InChI is InChI=1S/C19H28O2/c1-4-21-19(9-7-5-6-8-10-19)18(20)14-17-12-15(2)11-16(3)13-17/h11-13H,4-10,14H2,1-3H3. The minimum Gasteiger partial charge on any atom is -0.367 e. The van der Waals surface area contributed by atoms with E-state index in [1.54, 1.807) is 0 Å². The van der Waals surface area contributed by atoms with Gasteiger partial charge < -0.3 is 4.74 Å². The van der Waals surface area contributed by atoms with Gasteiger partial charge in [-0.15, -0.1) is 0 Å². The van der Waals surface area contributed by atoms with Gasteiger partial charge in [0.2, 0.25) is 0 Å². The second-order valence-corrected chi connectivity index (χ2v) is 6.44. The summed E-state index contributed by atoms with van der Waals surface area (Å²) in [4.78, 5) is 12.9. The largest absolute Gasteiger partial charge is 0.367 e. The van der Waals surface area contributed by atoms with Gasteiger partial charge in [-0.2, -0.15) is 0 Å². The molecule has 0 atom stereocenters. The first-order chi connectivity index (χ1) is 10.1. The molecule has 0 radical (unpaired) electrons. The van der Waals surface area contributed by atoms with Gasteiger partial charge in [0, 0.05) is 13.0 Å². The van der Waals surface area contributed by atoms with Crippen LogP contribution < -0.4 is 0 Å². The van der Waals surface area contributed by atoms with Crippen LogP contribution in [0.1, 0.15) is 62.1 Å². The Balaban J connectivity index is 2.17. The van der Waals surface area contributed by atoms with Crippen molar-refractivity contribution >= 4 is 5.78 Å². The lowest BCUT2D eigenvalue weighted by atomic mass is 9.85. The van der Waals surface area contributed by atoms with Gasteiger partial charge in [-0.25, -0.2) is 0 Å². The number of ketones is 1. The molecule has 0 bridgehead atoms. The van der Waals surface area contributed by atoms with Crippen LogP contribution >= 0.6 is 0 Å². The SMILES string of the molecule is CCOC1(C(=O)Cc2cc(C)cc(C)c2)CCCCCC1. The molecule has 0 aliphatic heterocycles. The minimum absolute atomic E-state index is 0.274. The molecule has 0 spiro atoms. The van der Waals surface area contributed by atoms with Gasteiger partial charge in [0.15, 0.2) is 5.78 Å². The van der Waals surface area contributed by atoms with Crippen molar-refractivity contribution in [1.29, 1.82) is 0 Å². The summed E-state index contributed by atoms with van der Waals surface area (Å²) in [6.07, 6.45) is 6.96. The summed E-state index contributed by atoms with van der Waals surface area (Å²) in [5.74, 6) is 0.274. The van der Waals surface area contributed by atoms with Crippen LogP contribution in [0.5, 0.6) is 0 Å². The monoisotopic (exact) mass is 288 g/mol. The first-order valence-corrected chi connectivity index (χ1v) is 8.30. The third-order valence-electron chi connectivity index (χ3n) is 4.49. The van der Waals surface area contributed by atoms with Crippen molar-refractivity contribution in [2.24, 2.45) is 0 Å². The second kappa shape index (κ2) is 7.22. The molecule has 1 saturated carbocycles. The fourth-order valence-electron chi connectivity index (χ4n) is 3.60. The first-order valence-electron chi connectivity index (χ1n) is 8.30. The van der Waals surface area contributed by atoms with Gasteiger partial charge in [0.1, 0.15) is 5.60 Å². The Morgan fingerprint density at radius 3 is 2.14 bits per heavy atom. The molecule has 2 rings (SSSR count). The second-order valence-electron chi connectivity index (χ2n) is 6.44. The molecular formula is C19H28O2. The number of Topliss-reactive ketones (excluding diaryl/α,β-unsaturated/α-hetero) is 1. The van der Waals surface area contributed by atoms with E-state index in [-0.39, 0.29) is 5.78 Å². The smallest absolute Gasteiger partial charge is 0.168 e. The van der Waals surface area contributed by atoms with Gasteiger partial charge in [0.25, 0.3) is 0 Å². The summed E-state index contributed by atoms with van der Waals surface area (Å²) in [5.41, 5.74) is 3.05. The maximum atomic E-state index is 12.9. The summed E-state index contributed by atoms with van der Waals surface area (Å²) in [5, 5.41) is 0. The molecule has 2 nitrogen and oxygen atoms in total. The van der Waals surface area contributed by atoms with Crippen LogP contribution in [-0.2, 0) is 16.0 Å². The zero-order valence-electron chi connectivity index (χ0n) is 13.7. The Morgan fingerprint density at radius 2 is 1.62 bits per heavy atom. The molecule has 0 unspecified atom stereocenters. The zero-order chi connectivity index (χ0) is 15.3. The van der Waals surface area contributed by atoms with E-state index in [9.17, 15) is 4.79 Å². The number of hydrogen-bond acceptors (Lipinski definition) is 2. The van der Waals surface area contributed by atoms with Crippen LogP contribution in [0.25, 0.3) is 0 Å². The van der Waals surface area contributed by atoms with Crippen LogP contribution in [0.15, 0.2) is 18.2 Å². The molecule has 116 valence electrons. The molecule has 0 amide bonds. The minimum atomic E-state index is -0.525. The van der Waals surface area contributed by atoms with E-state index < -0.39 is 5.60 Å². The highest BCUT2D eigenvalue weighted by Crippen LogP contribution is 2.32. The van der Waals surface area contributed by atoms with Crippen molar-refractivity contribution in [1.82, 2.24) is 0 Å². The van der Waals surface area contributed by atoms with Crippen LogP contribution in [0.4, 0.5) is 0 Å². The molecular weight excluding hydrogens is 260 g/mol. The molecule has 1 aromatic rings. The first kappa shape index (κ1) is 16.2. The van der Waals surface area contributed by atoms with E-state index >= 15 is 0 Å². The summed E-state index contributed by atoms with van der Waals surface area (Å²) < 4.78 is 6.00. The molecule has 0 aromatic heterocycles. The van der Waals surface area contributed by atoms with Crippen molar-refractivity contribution < 1.29 is 9.53 Å². The number of ether oxygens (including phenoxy) is 1. The van der Waals surface area contributed by atoms with E-state index in [2.05, 4.69) is 32.0 Å². The number of aryl methyl sites for hydroxylation is 2. The average molecular weight is 288 g/mol. The normalized spacial score (nSPS) is 18.2. The lowest BCUT2D eigenvalue weighted by Crippen LogP contribution is -2.42. The third-order valence-corrected chi connectivity index (χ3v) is 4.49. The van der Waals surface area contributed by atoms with Crippen molar-refractivity contribution in [3.8, 4) is 0 Å². The summed E-state index contributed by atoms with van der Waals surface area (Å²) in [6, 6.07) is 6.40. The molecule has 0 saturated heterocycles. The van der Waals surface area contributed by atoms with E-state index in [1.165, 1.54) is 24.0 Å². The molecule has 2 heteroatoms. The molecule has 0 N–H and O–H groups in total. The number of hydrogen-bond donors (Lipinski definition) is 0. The predicted molar refractivity (Wildman–Crippen MR) is 86.7 cm³/mol. The van der Waals surface area contributed by atoms with Crippen molar-refractivity contribution in [2.45, 2.75) is 71.3 Å². The Morgan fingerprint density at radius 1 is 1.05 bits per heavy atom. The lowest BCUT2D eigenvalue weighted by Gasteiger charge is -2.31. The van der Waals surface area contributed by atoms with Gasteiger partial charge in [-0.3, -0.25) is 4.79 Å². The molecule has 1 fully saturated rings. The number of rotatable bonds is 5. The van der Waals surface area contributed by atoms with E-state index in [0.717, 1.165) is 31.2 Å². The Labute approximate surface area is 128 Å². The summed E-state index contributed by atoms with van der Waals surface area (Å²) >= 11 is 0. The molecule has 0 heterocycles. The Bertz CT molecular complexity index is 462. The fraction of sp³-hybridized carbons (Fsp3) is 0.632. The van der Waals surface area contributed by atoms with Gasteiger partial charge in [-0.05, 0) is 39.2 Å². The van der Waals surface area contributed by atoms with Crippen molar-refractivity contribution in [2.75, 3.05) is 6.61 Å². The number of carbonyl (C=O) groups excluding carboxylic acids is 1. The van der Waals surface area contributed by atoms with Gasteiger partial charge in [0.05, 0.1) is 0 Å².